The third kappa shape index (κ3) is 10.5. The molecule has 4 aromatic rings. The van der Waals surface area contributed by atoms with Crippen molar-refractivity contribution in [2.24, 2.45) is 47.3 Å². The van der Waals surface area contributed by atoms with Crippen molar-refractivity contribution in [1.29, 1.82) is 0 Å². The summed E-state index contributed by atoms with van der Waals surface area (Å²) in [5, 5.41) is 10.1. The number of imide groups is 1. The number of hydrogen-bond donors (Lipinski definition) is 3. The number of benzene rings is 2. The van der Waals surface area contributed by atoms with E-state index < -0.39 is 71.5 Å². The summed E-state index contributed by atoms with van der Waals surface area (Å²) in [5.74, 6) is -8.64. The standard InChI is InChI=1S/C50H59Cl2N7O8.ClH/c1-5-58(6-2)19-17-53-45(60)41-27-21-33(37(23-27)66-49(64)31-25-39(51)55-35-15-11-9-13-29(31)35)43(41)47(62)57-48(63)44-34-22-28(42(44)46(61)54-18-20-59(7-3)8-4)24-38(34)67-50(65)32-26-40(52)56-36-16-12-10-14-30(32)36;/h9-16,25-28,33-34,37-38,41-44H,5-8,17-24H2,1-4H3,(H,53,60)(H,54,61)(H,57,62,63);1H. The Balaban J connectivity index is 0.00000684. The van der Waals surface area contributed by atoms with Crippen LogP contribution in [0.1, 0.15) is 74.1 Å². The van der Waals surface area contributed by atoms with Crippen LogP contribution < -0.4 is 16.0 Å². The number of carbonyl (C=O) groups excluding carboxylic acids is 6. The fourth-order valence-corrected chi connectivity index (χ4v) is 12.0. The number of hydrogen-bond acceptors (Lipinski definition) is 12. The van der Waals surface area contributed by atoms with E-state index in [1.54, 1.807) is 48.5 Å². The lowest BCUT2D eigenvalue weighted by atomic mass is 9.75. The van der Waals surface area contributed by atoms with Crippen LogP contribution >= 0.6 is 35.6 Å². The predicted molar refractivity (Wildman–Crippen MR) is 260 cm³/mol. The maximum atomic E-state index is 14.8. The van der Waals surface area contributed by atoms with E-state index in [0.29, 0.717) is 73.7 Å². The number of nitrogens with zero attached hydrogens (tertiary/aromatic N) is 4. The summed E-state index contributed by atoms with van der Waals surface area (Å²) in [4.78, 5) is 98.8. The highest BCUT2D eigenvalue weighted by Gasteiger charge is 2.62. The third-order valence-electron chi connectivity index (χ3n) is 14.9. The second kappa shape index (κ2) is 22.2. The molecule has 10 unspecified atom stereocenters. The van der Waals surface area contributed by atoms with E-state index in [9.17, 15) is 28.8 Å². The largest absolute Gasteiger partial charge is 0.458 e. The molecule has 15 nitrogen and oxygen atoms in total. The Morgan fingerprint density at radius 2 is 0.956 bits per heavy atom. The number of carbonyl (C=O) groups is 6. The molecule has 10 atom stereocenters. The Labute approximate surface area is 412 Å². The zero-order chi connectivity index (χ0) is 47.5. The molecule has 2 aromatic carbocycles. The van der Waals surface area contributed by atoms with Crippen LogP contribution in [0.15, 0.2) is 60.7 Å². The van der Waals surface area contributed by atoms with E-state index >= 15 is 0 Å². The number of halogens is 3. The second-order valence-corrected chi connectivity index (χ2v) is 19.1. The van der Waals surface area contributed by atoms with E-state index in [0.717, 1.165) is 26.2 Å². The Hall–Kier alpha value is -4.93. The van der Waals surface area contributed by atoms with Crippen LogP contribution in [0.2, 0.25) is 10.3 Å². The van der Waals surface area contributed by atoms with Crippen molar-refractivity contribution < 1.29 is 38.2 Å². The second-order valence-electron chi connectivity index (χ2n) is 18.3. The van der Waals surface area contributed by atoms with Crippen molar-refractivity contribution in [3.05, 3.63) is 82.1 Å². The topological polar surface area (TPSA) is 189 Å². The number of ether oxygens (including phenoxy) is 2. The van der Waals surface area contributed by atoms with Gasteiger partial charge in [0, 0.05) is 48.8 Å². The lowest BCUT2D eigenvalue weighted by Crippen LogP contribution is -2.54. The average molecular weight is 993 g/mol. The molecule has 4 fully saturated rings. The fraction of sp³-hybridized carbons (Fsp3) is 0.520. The number of esters is 2. The van der Waals surface area contributed by atoms with Crippen molar-refractivity contribution in [2.45, 2.75) is 65.6 Å². The molecule has 3 N–H and O–H groups in total. The maximum absolute atomic E-state index is 14.8. The van der Waals surface area contributed by atoms with Gasteiger partial charge in [-0.15, -0.1) is 12.4 Å². The van der Waals surface area contributed by atoms with Gasteiger partial charge in [-0.05, 0) is 88.0 Å². The average Bonchev–Trinajstić information content (AvgIpc) is 4.11. The van der Waals surface area contributed by atoms with Crippen molar-refractivity contribution in [1.82, 2.24) is 35.7 Å². The Kier molecular flexibility index (Phi) is 16.6. The van der Waals surface area contributed by atoms with Gasteiger partial charge in [-0.1, -0.05) is 87.3 Å². The lowest BCUT2D eigenvalue weighted by Gasteiger charge is -2.36. The highest BCUT2D eigenvalue weighted by molar-refractivity contribution is 6.31. The van der Waals surface area contributed by atoms with Gasteiger partial charge in [-0.2, -0.15) is 0 Å². The highest BCUT2D eigenvalue weighted by Crippen LogP contribution is 2.56. The van der Waals surface area contributed by atoms with Gasteiger partial charge in [0.2, 0.25) is 23.6 Å². The number of nitrogens with one attached hydrogen (secondary N) is 3. The lowest BCUT2D eigenvalue weighted by molar-refractivity contribution is -0.147. The van der Waals surface area contributed by atoms with E-state index in [1.165, 1.54) is 12.1 Å². The Bertz CT molecular complexity index is 2370. The molecule has 4 aliphatic rings. The normalized spacial score (nSPS) is 25.6. The minimum Gasteiger partial charge on any atom is -0.458 e. The molecular weight excluding hydrogens is 933 g/mol. The molecule has 0 radical (unpaired) electrons. The van der Waals surface area contributed by atoms with Crippen molar-refractivity contribution in [2.75, 3.05) is 52.4 Å². The van der Waals surface area contributed by atoms with Crippen LogP contribution in [0.3, 0.4) is 0 Å². The van der Waals surface area contributed by atoms with Gasteiger partial charge in [0.15, 0.2) is 0 Å². The predicted octanol–water partition coefficient (Wildman–Crippen LogP) is 6.37. The molecule has 364 valence electrons. The van der Waals surface area contributed by atoms with Gasteiger partial charge in [-0.25, -0.2) is 19.6 Å². The van der Waals surface area contributed by atoms with Crippen molar-refractivity contribution in [3.8, 4) is 0 Å². The van der Waals surface area contributed by atoms with Crippen LogP contribution in [-0.2, 0) is 28.7 Å². The first-order valence-electron chi connectivity index (χ1n) is 23.7. The van der Waals surface area contributed by atoms with Gasteiger partial charge in [0.1, 0.15) is 22.5 Å². The van der Waals surface area contributed by atoms with E-state index in [4.69, 9.17) is 32.7 Å². The minimum absolute atomic E-state index is 0. The molecule has 8 rings (SSSR count). The number of likely N-dealkylation sites (N-methyl/N-ethyl adjacent to an activating group) is 2. The first kappa shape index (κ1) is 50.9. The first-order valence-corrected chi connectivity index (χ1v) is 24.5. The molecule has 4 amide bonds. The number of fused-ring (bicyclic) bond motifs is 6. The summed E-state index contributed by atoms with van der Waals surface area (Å²) >= 11 is 12.7. The van der Waals surface area contributed by atoms with E-state index in [2.05, 4.69) is 35.7 Å². The summed E-state index contributed by atoms with van der Waals surface area (Å²) in [5.41, 5.74) is 1.51. The molecule has 0 saturated heterocycles. The Morgan fingerprint density at radius 1 is 0.574 bits per heavy atom. The smallest absolute Gasteiger partial charge is 0.339 e. The minimum atomic E-state index is -1.02. The molecule has 0 aliphatic heterocycles. The van der Waals surface area contributed by atoms with Gasteiger partial charge < -0.3 is 29.9 Å². The summed E-state index contributed by atoms with van der Waals surface area (Å²) in [6.45, 7) is 13.4. The van der Waals surface area contributed by atoms with Gasteiger partial charge >= 0.3 is 11.9 Å². The highest BCUT2D eigenvalue weighted by atomic mass is 35.5. The van der Waals surface area contributed by atoms with E-state index in [-0.39, 0.29) is 57.5 Å². The molecular formula is C50H60Cl3N7O8. The fourth-order valence-electron chi connectivity index (χ4n) is 11.6. The van der Waals surface area contributed by atoms with E-state index in [1.807, 2.05) is 27.7 Å². The number of rotatable bonds is 18. The molecule has 2 aromatic heterocycles. The monoisotopic (exact) mass is 991 g/mol. The summed E-state index contributed by atoms with van der Waals surface area (Å²) in [6, 6.07) is 17.1. The molecule has 18 heteroatoms. The quantitative estimate of drug-likeness (QED) is 0.0569. The van der Waals surface area contributed by atoms with Crippen LogP contribution in [-0.4, -0.2) is 120 Å². The van der Waals surface area contributed by atoms with Crippen molar-refractivity contribution >= 4 is 93.0 Å². The summed E-state index contributed by atoms with van der Waals surface area (Å²) in [6.07, 6.45) is 0.0869. The zero-order valence-corrected chi connectivity index (χ0v) is 41.1. The number of para-hydroxylation sites is 2. The molecule has 4 bridgehead atoms. The van der Waals surface area contributed by atoms with Crippen LogP contribution in [0, 0.1) is 47.3 Å². The molecule has 4 aliphatic carbocycles. The summed E-state index contributed by atoms with van der Waals surface area (Å²) in [7, 11) is 0. The van der Waals surface area contributed by atoms with Gasteiger partial charge in [0.05, 0.1) is 45.8 Å². The van der Waals surface area contributed by atoms with Gasteiger partial charge in [0.25, 0.3) is 0 Å². The summed E-state index contributed by atoms with van der Waals surface area (Å²) < 4.78 is 12.4. The Morgan fingerprint density at radius 3 is 1.34 bits per heavy atom. The third-order valence-corrected chi connectivity index (χ3v) is 15.3. The molecule has 68 heavy (non-hydrogen) atoms. The zero-order valence-electron chi connectivity index (χ0n) is 38.8. The molecule has 2 heterocycles. The number of amides is 4. The number of aromatic nitrogens is 2. The number of pyridine rings is 2. The molecule has 4 saturated carbocycles. The van der Waals surface area contributed by atoms with Crippen LogP contribution in [0.25, 0.3) is 21.8 Å². The van der Waals surface area contributed by atoms with Crippen molar-refractivity contribution in [3.63, 3.8) is 0 Å². The van der Waals surface area contributed by atoms with Crippen LogP contribution in [0.4, 0.5) is 0 Å². The van der Waals surface area contributed by atoms with Crippen LogP contribution in [0.5, 0.6) is 0 Å². The van der Waals surface area contributed by atoms with Gasteiger partial charge in [-0.3, -0.25) is 24.5 Å². The SMILES string of the molecule is CCN(CC)CCNC(=O)C1C2CC(OC(=O)c3cc(Cl)nc4ccccc34)C(C2)C1C(=O)NC(=O)C1C2CC(CC2OC(=O)c2cc(Cl)nc3ccccc23)C1C(=O)NCCN(CC)CC.Cl. The first-order chi connectivity index (χ1) is 32.3. The molecule has 0 spiro atoms. The maximum Gasteiger partial charge on any atom is 0.339 e.